The summed E-state index contributed by atoms with van der Waals surface area (Å²) < 4.78 is 6.58. The van der Waals surface area contributed by atoms with Gasteiger partial charge in [-0.15, -0.1) is 0 Å². The zero-order valence-electron chi connectivity index (χ0n) is 11.1. The SMILES string of the molecule is CCCOc1ccc(CN[C@@H](CC)CO)cc1Br. The second kappa shape index (κ2) is 8.51. The van der Waals surface area contributed by atoms with Crippen molar-refractivity contribution >= 4 is 15.9 Å². The van der Waals surface area contributed by atoms with Crippen molar-refractivity contribution in [3.8, 4) is 5.75 Å². The van der Waals surface area contributed by atoms with Crippen LogP contribution in [0.4, 0.5) is 0 Å². The van der Waals surface area contributed by atoms with Gasteiger partial charge in [-0.3, -0.25) is 0 Å². The maximum atomic E-state index is 9.11. The van der Waals surface area contributed by atoms with Crippen LogP contribution < -0.4 is 10.1 Å². The lowest BCUT2D eigenvalue weighted by atomic mass is 10.2. The van der Waals surface area contributed by atoms with E-state index in [2.05, 4.69) is 41.2 Å². The molecule has 0 amide bonds. The highest BCUT2D eigenvalue weighted by Gasteiger charge is 2.05. The fourth-order valence-electron chi connectivity index (χ4n) is 1.58. The number of aliphatic hydroxyl groups is 1. The average molecular weight is 316 g/mol. The highest BCUT2D eigenvalue weighted by Crippen LogP contribution is 2.26. The second-order valence-electron chi connectivity index (χ2n) is 4.28. The Bertz CT molecular complexity index is 354. The molecule has 0 aromatic heterocycles. The van der Waals surface area contributed by atoms with Crippen molar-refractivity contribution in [1.29, 1.82) is 0 Å². The quantitative estimate of drug-likeness (QED) is 0.774. The first-order valence-corrected chi connectivity index (χ1v) is 7.26. The predicted octanol–water partition coefficient (Wildman–Crippen LogP) is 3.10. The Labute approximate surface area is 118 Å². The number of aliphatic hydroxyl groups excluding tert-OH is 1. The van der Waals surface area contributed by atoms with Crippen LogP contribution in [-0.4, -0.2) is 24.4 Å². The van der Waals surface area contributed by atoms with Gasteiger partial charge in [0.2, 0.25) is 0 Å². The van der Waals surface area contributed by atoms with E-state index in [1.165, 1.54) is 5.56 Å². The Morgan fingerprint density at radius 1 is 1.39 bits per heavy atom. The molecule has 0 heterocycles. The van der Waals surface area contributed by atoms with E-state index in [0.29, 0.717) is 0 Å². The zero-order valence-corrected chi connectivity index (χ0v) is 12.7. The Morgan fingerprint density at radius 3 is 2.72 bits per heavy atom. The average Bonchev–Trinajstić information content (AvgIpc) is 2.39. The summed E-state index contributed by atoms with van der Waals surface area (Å²) in [5.74, 6) is 0.884. The van der Waals surface area contributed by atoms with E-state index in [9.17, 15) is 0 Å². The lowest BCUT2D eigenvalue weighted by Gasteiger charge is -2.14. The van der Waals surface area contributed by atoms with Gasteiger partial charge in [0.05, 0.1) is 17.7 Å². The number of hydrogen-bond acceptors (Lipinski definition) is 3. The molecular formula is C14H22BrNO2. The van der Waals surface area contributed by atoms with Crippen molar-refractivity contribution < 1.29 is 9.84 Å². The van der Waals surface area contributed by atoms with Gasteiger partial charge >= 0.3 is 0 Å². The van der Waals surface area contributed by atoms with Gasteiger partial charge < -0.3 is 15.2 Å². The van der Waals surface area contributed by atoms with Gasteiger partial charge in [-0.05, 0) is 46.5 Å². The van der Waals surface area contributed by atoms with Gasteiger partial charge in [0, 0.05) is 12.6 Å². The molecule has 1 aromatic rings. The van der Waals surface area contributed by atoms with E-state index in [1.807, 2.05) is 12.1 Å². The van der Waals surface area contributed by atoms with E-state index in [-0.39, 0.29) is 12.6 Å². The molecule has 102 valence electrons. The van der Waals surface area contributed by atoms with Crippen LogP contribution in [0.15, 0.2) is 22.7 Å². The molecule has 0 aliphatic carbocycles. The van der Waals surface area contributed by atoms with Gasteiger partial charge in [-0.1, -0.05) is 19.9 Å². The Balaban J connectivity index is 2.55. The summed E-state index contributed by atoms with van der Waals surface area (Å²) in [5, 5.41) is 12.4. The molecule has 0 aliphatic heterocycles. The molecule has 2 N–H and O–H groups in total. The largest absolute Gasteiger partial charge is 0.492 e. The van der Waals surface area contributed by atoms with Crippen LogP contribution in [0, 0.1) is 0 Å². The molecule has 0 bridgehead atoms. The molecule has 0 spiro atoms. The molecule has 0 radical (unpaired) electrons. The van der Waals surface area contributed by atoms with Crippen LogP contribution in [0.2, 0.25) is 0 Å². The molecule has 4 heteroatoms. The molecule has 3 nitrogen and oxygen atoms in total. The smallest absolute Gasteiger partial charge is 0.133 e. The number of halogens is 1. The first kappa shape index (κ1) is 15.5. The lowest BCUT2D eigenvalue weighted by Crippen LogP contribution is -2.31. The summed E-state index contributed by atoms with van der Waals surface area (Å²) in [5.41, 5.74) is 1.18. The van der Waals surface area contributed by atoms with E-state index < -0.39 is 0 Å². The summed E-state index contributed by atoms with van der Waals surface area (Å²) in [7, 11) is 0. The van der Waals surface area contributed by atoms with Crippen LogP contribution >= 0.6 is 15.9 Å². The van der Waals surface area contributed by atoms with Gasteiger partial charge in [0.15, 0.2) is 0 Å². The summed E-state index contributed by atoms with van der Waals surface area (Å²) in [6.07, 6.45) is 1.93. The Hall–Kier alpha value is -0.580. The summed E-state index contributed by atoms with van der Waals surface area (Å²) in [4.78, 5) is 0. The molecule has 0 aliphatic rings. The van der Waals surface area contributed by atoms with Gasteiger partial charge in [-0.25, -0.2) is 0 Å². The first-order valence-electron chi connectivity index (χ1n) is 6.46. The number of ether oxygens (including phenoxy) is 1. The molecule has 1 aromatic carbocycles. The molecule has 0 saturated carbocycles. The topological polar surface area (TPSA) is 41.5 Å². The molecular weight excluding hydrogens is 294 g/mol. The van der Waals surface area contributed by atoms with Crippen molar-refractivity contribution in [1.82, 2.24) is 5.32 Å². The molecule has 0 fully saturated rings. The molecule has 1 rings (SSSR count). The van der Waals surface area contributed by atoms with Crippen LogP contribution in [0.3, 0.4) is 0 Å². The third-order valence-corrected chi connectivity index (χ3v) is 3.39. The summed E-state index contributed by atoms with van der Waals surface area (Å²) in [6.45, 7) is 5.82. The highest BCUT2D eigenvalue weighted by atomic mass is 79.9. The molecule has 0 saturated heterocycles. The number of hydrogen-bond donors (Lipinski definition) is 2. The van der Waals surface area contributed by atoms with Crippen molar-refractivity contribution in [3.05, 3.63) is 28.2 Å². The normalized spacial score (nSPS) is 12.4. The fraction of sp³-hybridized carbons (Fsp3) is 0.571. The van der Waals surface area contributed by atoms with Crippen LogP contribution in [0.25, 0.3) is 0 Å². The van der Waals surface area contributed by atoms with Crippen LogP contribution in [0.5, 0.6) is 5.75 Å². The standard InChI is InChI=1S/C14H22BrNO2/c1-3-7-18-14-6-5-11(8-13(14)15)9-16-12(4-2)10-17/h5-6,8,12,16-17H,3-4,7,9-10H2,1-2H3/t12-/m0/s1. The molecule has 1 atom stereocenters. The van der Waals surface area contributed by atoms with Crippen molar-refractivity contribution in [2.45, 2.75) is 39.3 Å². The number of rotatable bonds is 8. The van der Waals surface area contributed by atoms with Crippen molar-refractivity contribution in [2.75, 3.05) is 13.2 Å². The third kappa shape index (κ3) is 4.96. The van der Waals surface area contributed by atoms with E-state index >= 15 is 0 Å². The van der Waals surface area contributed by atoms with Crippen molar-refractivity contribution in [3.63, 3.8) is 0 Å². The maximum absolute atomic E-state index is 9.11. The number of nitrogens with one attached hydrogen (secondary N) is 1. The first-order chi connectivity index (χ1) is 8.71. The zero-order chi connectivity index (χ0) is 13.4. The predicted molar refractivity (Wildman–Crippen MR) is 77.9 cm³/mol. The minimum atomic E-state index is 0.166. The van der Waals surface area contributed by atoms with Gasteiger partial charge in [0.25, 0.3) is 0 Å². The Morgan fingerprint density at radius 2 is 2.17 bits per heavy atom. The van der Waals surface area contributed by atoms with Gasteiger partial charge in [-0.2, -0.15) is 0 Å². The van der Waals surface area contributed by atoms with E-state index in [1.54, 1.807) is 0 Å². The van der Waals surface area contributed by atoms with E-state index in [0.717, 1.165) is 36.2 Å². The van der Waals surface area contributed by atoms with Gasteiger partial charge in [0.1, 0.15) is 5.75 Å². The molecule has 0 unspecified atom stereocenters. The minimum absolute atomic E-state index is 0.166. The minimum Gasteiger partial charge on any atom is -0.492 e. The monoisotopic (exact) mass is 315 g/mol. The van der Waals surface area contributed by atoms with E-state index in [4.69, 9.17) is 9.84 Å². The molecule has 18 heavy (non-hydrogen) atoms. The van der Waals surface area contributed by atoms with Crippen molar-refractivity contribution in [2.24, 2.45) is 0 Å². The second-order valence-corrected chi connectivity index (χ2v) is 5.14. The maximum Gasteiger partial charge on any atom is 0.133 e. The third-order valence-electron chi connectivity index (χ3n) is 2.77. The van der Waals surface area contributed by atoms with Crippen LogP contribution in [0.1, 0.15) is 32.3 Å². The summed E-state index contributed by atoms with van der Waals surface area (Å²) in [6, 6.07) is 6.26. The fourth-order valence-corrected chi connectivity index (χ4v) is 2.12. The van der Waals surface area contributed by atoms with Crippen LogP contribution in [-0.2, 0) is 6.54 Å². The summed E-state index contributed by atoms with van der Waals surface area (Å²) >= 11 is 3.52. The lowest BCUT2D eigenvalue weighted by molar-refractivity contribution is 0.238. The Kier molecular flexibility index (Phi) is 7.32. The number of benzene rings is 1. The highest BCUT2D eigenvalue weighted by molar-refractivity contribution is 9.10.